The second-order valence-electron chi connectivity index (χ2n) is 5.32. The summed E-state index contributed by atoms with van der Waals surface area (Å²) in [7, 11) is 0. The number of nitrogens with one attached hydrogen (secondary N) is 1. The predicted molar refractivity (Wildman–Crippen MR) is 79.2 cm³/mol. The molecule has 0 spiro atoms. The maximum atomic E-state index is 9.36. The van der Waals surface area contributed by atoms with E-state index in [9.17, 15) is 5.11 Å². The fraction of sp³-hybridized carbons (Fsp3) is 0.625. The van der Waals surface area contributed by atoms with Gasteiger partial charge in [-0.3, -0.25) is 4.90 Å². The standard InChI is InChI=1S/C16H26N2O/c1-2-17-16(14-7-4-3-5-8-14)10-12-18-11-6-9-15(18)13-19/h3-5,7-8,15-17,19H,2,6,9-13H2,1H3. The van der Waals surface area contributed by atoms with E-state index >= 15 is 0 Å². The second-order valence-corrected chi connectivity index (χ2v) is 5.32. The van der Waals surface area contributed by atoms with Gasteiger partial charge >= 0.3 is 0 Å². The highest BCUT2D eigenvalue weighted by atomic mass is 16.3. The Morgan fingerprint density at radius 1 is 1.37 bits per heavy atom. The number of hydrogen-bond acceptors (Lipinski definition) is 3. The Balaban J connectivity index is 1.90. The summed E-state index contributed by atoms with van der Waals surface area (Å²) in [6.45, 7) is 5.65. The van der Waals surface area contributed by atoms with E-state index in [2.05, 4.69) is 47.5 Å². The van der Waals surface area contributed by atoms with Crippen molar-refractivity contribution in [1.29, 1.82) is 0 Å². The Morgan fingerprint density at radius 2 is 2.16 bits per heavy atom. The lowest BCUT2D eigenvalue weighted by molar-refractivity contribution is 0.154. The van der Waals surface area contributed by atoms with Crippen molar-refractivity contribution < 1.29 is 5.11 Å². The fourth-order valence-corrected chi connectivity index (χ4v) is 3.01. The van der Waals surface area contributed by atoms with Crippen LogP contribution in [-0.2, 0) is 0 Å². The van der Waals surface area contributed by atoms with Gasteiger partial charge in [0.15, 0.2) is 0 Å². The molecule has 1 heterocycles. The number of rotatable bonds is 7. The van der Waals surface area contributed by atoms with Gasteiger partial charge in [-0.05, 0) is 37.9 Å². The summed E-state index contributed by atoms with van der Waals surface area (Å²) in [6, 6.07) is 11.5. The minimum Gasteiger partial charge on any atom is -0.395 e. The molecule has 3 nitrogen and oxygen atoms in total. The lowest BCUT2D eigenvalue weighted by Gasteiger charge is -2.26. The third-order valence-electron chi connectivity index (χ3n) is 4.07. The van der Waals surface area contributed by atoms with Gasteiger partial charge in [-0.15, -0.1) is 0 Å². The third-order valence-corrected chi connectivity index (χ3v) is 4.07. The van der Waals surface area contributed by atoms with Crippen LogP contribution in [0.25, 0.3) is 0 Å². The predicted octanol–water partition coefficient (Wildman–Crippen LogP) is 2.18. The molecule has 1 aliphatic rings. The maximum absolute atomic E-state index is 9.36. The molecule has 1 saturated heterocycles. The van der Waals surface area contributed by atoms with Crippen molar-refractivity contribution in [2.45, 2.75) is 38.3 Å². The highest BCUT2D eigenvalue weighted by Crippen LogP contribution is 2.21. The van der Waals surface area contributed by atoms with Gasteiger partial charge in [0.1, 0.15) is 0 Å². The van der Waals surface area contributed by atoms with Crippen molar-refractivity contribution in [3.63, 3.8) is 0 Å². The number of aliphatic hydroxyl groups excluding tert-OH is 1. The van der Waals surface area contributed by atoms with E-state index < -0.39 is 0 Å². The molecule has 1 aliphatic heterocycles. The molecule has 0 bridgehead atoms. The van der Waals surface area contributed by atoms with E-state index in [0.717, 1.165) is 32.5 Å². The molecule has 0 amide bonds. The van der Waals surface area contributed by atoms with Crippen molar-refractivity contribution >= 4 is 0 Å². The molecule has 2 rings (SSSR count). The second kappa shape index (κ2) is 7.63. The first-order valence-electron chi connectivity index (χ1n) is 7.48. The topological polar surface area (TPSA) is 35.5 Å². The average Bonchev–Trinajstić information content (AvgIpc) is 2.92. The molecule has 0 aromatic heterocycles. The summed E-state index contributed by atoms with van der Waals surface area (Å²) in [5.41, 5.74) is 1.36. The molecule has 1 fully saturated rings. The first-order valence-corrected chi connectivity index (χ1v) is 7.48. The largest absolute Gasteiger partial charge is 0.395 e. The SMILES string of the molecule is CCNC(CCN1CCCC1CO)c1ccccc1. The Kier molecular flexibility index (Phi) is 5.83. The average molecular weight is 262 g/mol. The van der Waals surface area contributed by atoms with Gasteiger partial charge in [0.25, 0.3) is 0 Å². The fourth-order valence-electron chi connectivity index (χ4n) is 3.01. The van der Waals surface area contributed by atoms with Gasteiger partial charge in [0.05, 0.1) is 6.61 Å². The summed E-state index contributed by atoms with van der Waals surface area (Å²) in [4.78, 5) is 2.44. The van der Waals surface area contributed by atoms with Crippen molar-refractivity contribution in [2.24, 2.45) is 0 Å². The first kappa shape index (κ1) is 14.5. The first-order chi connectivity index (χ1) is 9.35. The lowest BCUT2D eigenvalue weighted by atomic mass is 10.0. The Hall–Kier alpha value is -0.900. The van der Waals surface area contributed by atoms with Crippen LogP contribution in [0, 0.1) is 0 Å². The lowest BCUT2D eigenvalue weighted by Crippen LogP contribution is -2.35. The van der Waals surface area contributed by atoms with Crippen LogP contribution >= 0.6 is 0 Å². The molecule has 106 valence electrons. The summed E-state index contributed by atoms with van der Waals surface area (Å²) < 4.78 is 0. The van der Waals surface area contributed by atoms with E-state index in [1.165, 1.54) is 12.0 Å². The van der Waals surface area contributed by atoms with Crippen LogP contribution in [0.15, 0.2) is 30.3 Å². The molecular weight excluding hydrogens is 236 g/mol. The van der Waals surface area contributed by atoms with Crippen molar-refractivity contribution in [3.05, 3.63) is 35.9 Å². The van der Waals surface area contributed by atoms with Crippen LogP contribution in [0.5, 0.6) is 0 Å². The van der Waals surface area contributed by atoms with Crippen molar-refractivity contribution in [3.8, 4) is 0 Å². The van der Waals surface area contributed by atoms with Gasteiger partial charge in [-0.2, -0.15) is 0 Å². The van der Waals surface area contributed by atoms with Crippen LogP contribution in [0.4, 0.5) is 0 Å². The normalized spacial score (nSPS) is 21.7. The van der Waals surface area contributed by atoms with E-state index in [1.54, 1.807) is 0 Å². The van der Waals surface area contributed by atoms with Crippen LogP contribution in [-0.4, -0.2) is 42.3 Å². The van der Waals surface area contributed by atoms with Crippen LogP contribution < -0.4 is 5.32 Å². The highest BCUT2D eigenvalue weighted by Gasteiger charge is 2.24. The van der Waals surface area contributed by atoms with E-state index in [-0.39, 0.29) is 0 Å². The number of aliphatic hydroxyl groups is 1. The van der Waals surface area contributed by atoms with Gasteiger partial charge in [-0.25, -0.2) is 0 Å². The van der Waals surface area contributed by atoms with Crippen molar-refractivity contribution in [2.75, 3.05) is 26.2 Å². The molecular formula is C16H26N2O. The smallest absolute Gasteiger partial charge is 0.0586 e. The third kappa shape index (κ3) is 4.03. The minimum absolute atomic E-state index is 0.303. The Bertz CT molecular complexity index is 355. The zero-order chi connectivity index (χ0) is 13.5. The number of nitrogens with zero attached hydrogens (tertiary/aromatic N) is 1. The molecule has 0 saturated carbocycles. The monoisotopic (exact) mass is 262 g/mol. The van der Waals surface area contributed by atoms with Crippen LogP contribution in [0.2, 0.25) is 0 Å². The quantitative estimate of drug-likeness (QED) is 0.790. The van der Waals surface area contributed by atoms with Gasteiger partial charge in [0, 0.05) is 18.6 Å². The number of likely N-dealkylation sites (tertiary alicyclic amines) is 1. The van der Waals surface area contributed by atoms with Gasteiger partial charge in [-0.1, -0.05) is 37.3 Å². The van der Waals surface area contributed by atoms with Gasteiger partial charge < -0.3 is 10.4 Å². The molecule has 0 aliphatic carbocycles. The van der Waals surface area contributed by atoms with E-state index in [1.807, 2.05) is 0 Å². The summed E-state index contributed by atoms with van der Waals surface area (Å²) >= 11 is 0. The molecule has 2 unspecified atom stereocenters. The summed E-state index contributed by atoms with van der Waals surface area (Å²) in [5, 5.41) is 12.9. The molecule has 2 N–H and O–H groups in total. The van der Waals surface area contributed by atoms with Gasteiger partial charge in [0.2, 0.25) is 0 Å². The van der Waals surface area contributed by atoms with E-state index in [0.29, 0.717) is 18.7 Å². The highest BCUT2D eigenvalue weighted by molar-refractivity contribution is 5.18. The molecule has 1 aromatic rings. The number of hydrogen-bond donors (Lipinski definition) is 2. The molecule has 19 heavy (non-hydrogen) atoms. The summed E-state index contributed by atoms with van der Waals surface area (Å²) in [5.74, 6) is 0. The molecule has 0 radical (unpaired) electrons. The maximum Gasteiger partial charge on any atom is 0.0586 e. The number of benzene rings is 1. The molecule has 1 aromatic carbocycles. The zero-order valence-electron chi connectivity index (χ0n) is 11.9. The molecule has 3 heteroatoms. The van der Waals surface area contributed by atoms with Crippen LogP contribution in [0.3, 0.4) is 0 Å². The Morgan fingerprint density at radius 3 is 2.84 bits per heavy atom. The Labute approximate surface area is 116 Å². The minimum atomic E-state index is 0.303. The van der Waals surface area contributed by atoms with Crippen molar-refractivity contribution in [1.82, 2.24) is 10.2 Å². The molecule has 2 atom stereocenters. The zero-order valence-corrected chi connectivity index (χ0v) is 11.9. The van der Waals surface area contributed by atoms with Crippen LogP contribution in [0.1, 0.15) is 37.8 Å². The van der Waals surface area contributed by atoms with E-state index in [4.69, 9.17) is 0 Å². The summed E-state index contributed by atoms with van der Waals surface area (Å²) in [6.07, 6.45) is 3.48.